The van der Waals surface area contributed by atoms with Crippen LogP contribution in [0.25, 0.3) is 0 Å². The molecular weight excluding hydrogens is 194 g/mol. The smallest absolute Gasteiger partial charge is 0.00315 e. The van der Waals surface area contributed by atoms with Gasteiger partial charge in [0.1, 0.15) is 0 Å². The van der Waals surface area contributed by atoms with Gasteiger partial charge in [-0.05, 0) is 73.6 Å². The Kier molecular flexibility index (Phi) is 2.51. The van der Waals surface area contributed by atoms with Gasteiger partial charge in [-0.25, -0.2) is 0 Å². The minimum atomic E-state index is 0.484. The van der Waals surface area contributed by atoms with E-state index in [-0.39, 0.29) is 0 Å². The van der Waals surface area contributed by atoms with Crippen LogP contribution >= 0.6 is 0 Å². The van der Waals surface area contributed by atoms with Crippen LogP contribution in [0, 0.1) is 0 Å². The highest BCUT2D eigenvalue weighted by Gasteiger charge is 2.44. The predicted molar refractivity (Wildman–Crippen MR) is 67.7 cm³/mol. The van der Waals surface area contributed by atoms with Crippen LogP contribution in [-0.4, -0.2) is 6.54 Å². The maximum absolute atomic E-state index is 5.77. The average molecular weight is 215 g/mol. The molecule has 2 N–H and O–H groups in total. The third-order valence-corrected chi connectivity index (χ3v) is 4.44. The maximum Gasteiger partial charge on any atom is -0.00315 e. The molecule has 0 bridgehead atoms. The largest absolute Gasteiger partial charge is 0.330 e. The van der Waals surface area contributed by atoms with Crippen LogP contribution in [0.3, 0.4) is 0 Å². The molecule has 1 aromatic rings. The Morgan fingerprint density at radius 2 is 1.94 bits per heavy atom. The summed E-state index contributed by atoms with van der Waals surface area (Å²) in [7, 11) is 0. The van der Waals surface area contributed by atoms with Crippen molar-refractivity contribution in [1.82, 2.24) is 0 Å². The number of aryl methyl sites for hydroxylation is 1. The standard InChI is InChI=1S/C15H21N/c16-11-10-15(8-9-15)14-7-3-5-12-4-1-2-6-13(12)14/h3,5,7H,1-2,4,6,8-11,16H2. The summed E-state index contributed by atoms with van der Waals surface area (Å²) in [4.78, 5) is 0. The Hall–Kier alpha value is -0.820. The Balaban J connectivity index is 2.01. The molecule has 2 aliphatic rings. The average Bonchev–Trinajstić information content (AvgIpc) is 3.10. The van der Waals surface area contributed by atoms with Gasteiger partial charge in [-0.2, -0.15) is 0 Å². The van der Waals surface area contributed by atoms with Gasteiger partial charge < -0.3 is 5.73 Å². The molecule has 0 atom stereocenters. The van der Waals surface area contributed by atoms with Gasteiger partial charge in [-0.3, -0.25) is 0 Å². The van der Waals surface area contributed by atoms with Crippen molar-refractivity contribution in [2.24, 2.45) is 5.73 Å². The summed E-state index contributed by atoms with van der Waals surface area (Å²) in [6.45, 7) is 0.837. The lowest BCUT2D eigenvalue weighted by Gasteiger charge is -2.24. The van der Waals surface area contributed by atoms with Crippen LogP contribution in [0.1, 0.15) is 48.8 Å². The number of fused-ring (bicyclic) bond motifs is 1. The molecule has 86 valence electrons. The zero-order valence-corrected chi connectivity index (χ0v) is 9.97. The van der Waals surface area contributed by atoms with E-state index >= 15 is 0 Å². The van der Waals surface area contributed by atoms with Gasteiger partial charge in [0.2, 0.25) is 0 Å². The van der Waals surface area contributed by atoms with Gasteiger partial charge in [0.05, 0.1) is 0 Å². The summed E-state index contributed by atoms with van der Waals surface area (Å²) < 4.78 is 0. The van der Waals surface area contributed by atoms with Gasteiger partial charge in [0.15, 0.2) is 0 Å². The van der Waals surface area contributed by atoms with Crippen LogP contribution in [0.15, 0.2) is 18.2 Å². The molecule has 1 nitrogen and oxygen atoms in total. The molecule has 1 saturated carbocycles. The van der Waals surface area contributed by atoms with Crippen LogP contribution < -0.4 is 5.73 Å². The fourth-order valence-electron chi connectivity index (χ4n) is 3.36. The summed E-state index contributed by atoms with van der Waals surface area (Å²) >= 11 is 0. The van der Waals surface area contributed by atoms with E-state index in [4.69, 9.17) is 5.73 Å². The van der Waals surface area contributed by atoms with Crippen LogP contribution in [0.5, 0.6) is 0 Å². The van der Waals surface area contributed by atoms with Gasteiger partial charge in [0.25, 0.3) is 0 Å². The third kappa shape index (κ3) is 1.58. The number of hydrogen-bond donors (Lipinski definition) is 1. The first-order chi connectivity index (χ1) is 7.86. The molecular formula is C15H21N. The molecule has 1 fully saturated rings. The SMILES string of the molecule is NCCC1(c2cccc3c2CCCC3)CC1. The van der Waals surface area contributed by atoms with E-state index in [1.807, 2.05) is 0 Å². The lowest BCUT2D eigenvalue weighted by molar-refractivity contribution is 0.603. The second kappa shape index (κ2) is 3.89. The predicted octanol–water partition coefficient (Wildman–Crippen LogP) is 2.95. The van der Waals surface area contributed by atoms with Gasteiger partial charge in [0, 0.05) is 0 Å². The normalized spacial score (nSPS) is 21.6. The topological polar surface area (TPSA) is 26.0 Å². The Morgan fingerprint density at radius 3 is 2.69 bits per heavy atom. The zero-order valence-electron chi connectivity index (χ0n) is 9.97. The molecule has 0 heterocycles. The molecule has 1 aromatic carbocycles. The lowest BCUT2D eigenvalue weighted by atomic mass is 9.81. The quantitative estimate of drug-likeness (QED) is 0.824. The molecule has 0 radical (unpaired) electrons. The zero-order chi connectivity index (χ0) is 11.0. The van der Waals surface area contributed by atoms with Crippen LogP contribution in [-0.2, 0) is 18.3 Å². The second-order valence-corrected chi connectivity index (χ2v) is 5.47. The fraction of sp³-hybridized carbons (Fsp3) is 0.600. The molecule has 2 aliphatic carbocycles. The van der Waals surface area contributed by atoms with Crippen LogP contribution in [0.4, 0.5) is 0 Å². The van der Waals surface area contributed by atoms with E-state index in [2.05, 4.69) is 18.2 Å². The molecule has 3 rings (SSSR count). The minimum Gasteiger partial charge on any atom is -0.330 e. The van der Waals surface area contributed by atoms with Crippen LogP contribution in [0.2, 0.25) is 0 Å². The molecule has 1 heteroatoms. The third-order valence-electron chi connectivity index (χ3n) is 4.44. The Bertz CT molecular complexity index is 390. The number of nitrogens with two attached hydrogens (primary N) is 1. The van der Waals surface area contributed by atoms with Gasteiger partial charge >= 0.3 is 0 Å². The lowest BCUT2D eigenvalue weighted by Crippen LogP contribution is -2.17. The fourth-order valence-corrected chi connectivity index (χ4v) is 3.36. The first kappa shape index (κ1) is 10.3. The van der Waals surface area contributed by atoms with E-state index in [1.165, 1.54) is 44.9 Å². The van der Waals surface area contributed by atoms with Crippen molar-refractivity contribution in [2.45, 2.75) is 50.4 Å². The van der Waals surface area contributed by atoms with E-state index in [1.54, 1.807) is 16.7 Å². The van der Waals surface area contributed by atoms with Gasteiger partial charge in [-0.1, -0.05) is 18.2 Å². The molecule has 0 aromatic heterocycles. The minimum absolute atomic E-state index is 0.484. The van der Waals surface area contributed by atoms with Crippen molar-refractivity contribution in [3.8, 4) is 0 Å². The molecule has 0 amide bonds. The number of benzene rings is 1. The highest BCUT2D eigenvalue weighted by Crippen LogP contribution is 2.52. The van der Waals surface area contributed by atoms with Crippen molar-refractivity contribution >= 4 is 0 Å². The van der Waals surface area contributed by atoms with E-state index in [9.17, 15) is 0 Å². The molecule has 0 aliphatic heterocycles. The summed E-state index contributed by atoms with van der Waals surface area (Å²) in [5.74, 6) is 0. The van der Waals surface area contributed by atoms with Crippen molar-refractivity contribution < 1.29 is 0 Å². The first-order valence-electron chi connectivity index (χ1n) is 6.67. The Morgan fingerprint density at radius 1 is 1.12 bits per heavy atom. The summed E-state index contributed by atoms with van der Waals surface area (Å²) in [6.07, 6.45) is 9.26. The van der Waals surface area contributed by atoms with Gasteiger partial charge in [-0.15, -0.1) is 0 Å². The number of hydrogen-bond acceptors (Lipinski definition) is 1. The van der Waals surface area contributed by atoms with Crippen molar-refractivity contribution in [3.63, 3.8) is 0 Å². The van der Waals surface area contributed by atoms with Crippen molar-refractivity contribution in [1.29, 1.82) is 0 Å². The van der Waals surface area contributed by atoms with Crippen molar-refractivity contribution in [3.05, 3.63) is 34.9 Å². The second-order valence-electron chi connectivity index (χ2n) is 5.47. The molecule has 0 unspecified atom stereocenters. The highest BCUT2D eigenvalue weighted by molar-refractivity contribution is 5.44. The maximum atomic E-state index is 5.77. The van der Waals surface area contributed by atoms with E-state index < -0.39 is 0 Å². The number of rotatable bonds is 3. The Labute approximate surface area is 98.0 Å². The van der Waals surface area contributed by atoms with Crippen molar-refractivity contribution in [2.75, 3.05) is 6.54 Å². The van der Waals surface area contributed by atoms with E-state index in [0.29, 0.717) is 5.41 Å². The summed E-state index contributed by atoms with van der Waals surface area (Å²) in [5.41, 5.74) is 11.2. The molecule has 0 saturated heterocycles. The molecule has 0 spiro atoms. The first-order valence-corrected chi connectivity index (χ1v) is 6.67. The van der Waals surface area contributed by atoms with E-state index in [0.717, 1.165) is 6.54 Å². The molecule has 16 heavy (non-hydrogen) atoms. The monoisotopic (exact) mass is 215 g/mol. The summed E-state index contributed by atoms with van der Waals surface area (Å²) in [6, 6.07) is 6.96. The highest BCUT2D eigenvalue weighted by atomic mass is 14.6. The summed E-state index contributed by atoms with van der Waals surface area (Å²) in [5, 5.41) is 0.